The first kappa shape index (κ1) is 48.8. The van der Waals surface area contributed by atoms with Crippen LogP contribution in [0, 0.1) is 5.92 Å². The number of hydrogen-bond acceptors (Lipinski definition) is 7. The summed E-state index contributed by atoms with van der Waals surface area (Å²) in [6, 6.07) is 0. The average molecular weight is 719 g/mol. The molecular weight excluding hydrogens is 640 g/mol. The summed E-state index contributed by atoms with van der Waals surface area (Å²) in [7, 11) is 0. The standard InChI is InChI=1S/C44H78O7/c1-4-6-24-31-40(45)32-26-21-17-15-18-22-27-33-41(46)34-29-36-44(49)51-38-42(47)37-50-43(48)35-28-23-19-14-12-10-8-7-9-11-13-16-20-25-30-39(3)5-2/h17-18,21-22,26-27,32-33,39-42,45-47H,4-16,19-20,23-25,28-31,34-38H2,1-3H3/b21-17-,22-18-,32-26+,33-27+/t39?,40-,41-,42-/m0/s1. The Morgan fingerprint density at radius 2 is 0.941 bits per heavy atom. The Morgan fingerprint density at radius 3 is 1.41 bits per heavy atom. The predicted molar refractivity (Wildman–Crippen MR) is 212 cm³/mol. The Labute approximate surface area is 313 Å². The van der Waals surface area contributed by atoms with E-state index >= 15 is 0 Å². The molecule has 0 aliphatic carbocycles. The fourth-order valence-electron chi connectivity index (χ4n) is 5.69. The second kappa shape index (κ2) is 37.5. The number of carbonyl (C=O) groups excluding carboxylic acids is 2. The monoisotopic (exact) mass is 719 g/mol. The number of carbonyl (C=O) groups is 2. The first-order valence-corrected chi connectivity index (χ1v) is 20.8. The number of hydrogen-bond donors (Lipinski definition) is 3. The van der Waals surface area contributed by atoms with E-state index in [4.69, 9.17) is 9.47 Å². The number of aliphatic hydroxyl groups excluding tert-OH is 3. The van der Waals surface area contributed by atoms with Crippen molar-refractivity contribution in [2.75, 3.05) is 13.2 Å². The Hall–Kier alpha value is -2.22. The maximum absolute atomic E-state index is 12.0. The van der Waals surface area contributed by atoms with Crippen molar-refractivity contribution in [2.24, 2.45) is 5.92 Å². The van der Waals surface area contributed by atoms with Crippen LogP contribution < -0.4 is 0 Å². The highest BCUT2D eigenvalue weighted by Gasteiger charge is 2.12. The predicted octanol–water partition coefficient (Wildman–Crippen LogP) is 10.8. The van der Waals surface area contributed by atoms with Gasteiger partial charge in [-0.05, 0) is 38.0 Å². The second-order valence-electron chi connectivity index (χ2n) is 14.4. The maximum Gasteiger partial charge on any atom is 0.305 e. The molecule has 0 aliphatic heterocycles. The lowest BCUT2D eigenvalue weighted by atomic mass is 9.99. The van der Waals surface area contributed by atoms with Gasteiger partial charge < -0.3 is 24.8 Å². The number of esters is 2. The van der Waals surface area contributed by atoms with Crippen LogP contribution >= 0.6 is 0 Å². The highest BCUT2D eigenvalue weighted by atomic mass is 16.6. The summed E-state index contributed by atoms with van der Waals surface area (Å²) in [5, 5.41) is 30.0. The van der Waals surface area contributed by atoms with Crippen molar-refractivity contribution in [1.82, 2.24) is 0 Å². The fourth-order valence-corrected chi connectivity index (χ4v) is 5.69. The van der Waals surface area contributed by atoms with Crippen molar-refractivity contribution in [3.63, 3.8) is 0 Å². The van der Waals surface area contributed by atoms with Gasteiger partial charge in [-0.25, -0.2) is 0 Å². The second-order valence-corrected chi connectivity index (χ2v) is 14.4. The van der Waals surface area contributed by atoms with E-state index in [1.54, 1.807) is 12.2 Å². The summed E-state index contributed by atoms with van der Waals surface area (Å²) in [6.07, 6.45) is 39.5. The highest BCUT2D eigenvalue weighted by molar-refractivity contribution is 5.69. The minimum absolute atomic E-state index is 0.137. The minimum atomic E-state index is -1.05. The smallest absolute Gasteiger partial charge is 0.305 e. The molecule has 0 aromatic heterocycles. The minimum Gasteiger partial charge on any atom is -0.463 e. The molecule has 0 bridgehead atoms. The maximum atomic E-state index is 12.0. The van der Waals surface area contributed by atoms with Crippen molar-refractivity contribution in [2.45, 2.75) is 200 Å². The lowest BCUT2D eigenvalue weighted by Gasteiger charge is -2.12. The zero-order valence-electron chi connectivity index (χ0n) is 33.0. The summed E-state index contributed by atoms with van der Waals surface area (Å²) >= 11 is 0. The number of ether oxygens (including phenoxy) is 2. The molecule has 1 unspecified atom stereocenters. The van der Waals surface area contributed by atoms with E-state index in [0.29, 0.717) is 19.3 Å². The summed E-state index contributed by atoms with van der Waals surface area (Å²) in [4.78, 5) is 24.0. The fraction of sp³-hybridized carbons (Fsp3) is 0.773. The Bertz CT molecular complexity index is 909. The molecule has 0 saturated heterocycles. The molecule has 7 nitrogen and oxygen atoms in total. The van der Waals surface area contributed by atoms with Crippen LogP contribution in [0.2, 0.25) is 0 Å². The Kier molecular flexibility index (Phi) is 35.9. The summed E-state index contributed by atoms with van der Waals surface area (Å²) in [6.45, 7) is 6.39. The van der Waals surface area contributed by atoms with Crippen molar-refractivity contribution < 1.29 is 34.4 Å². The summed E-state index contributed by atoms with van der Waals surface area (Å²) in [5.41, 5.74) is 0. The molecule has 296 valence electrons. The van der Waals surface area contributed by atoms with Gasteiger partial charge in [0.15, 0.2) is 0 Å². The molecule has 0 radical (unpaired) electrons. The van der Waals surface area contributed by atoms with E-state index in [1.165, 1.54) is 83.5 Å². The Morgan fingerprint density at radius 1 is 0.529 bits per heavy atom. The number of aliphatic hydroxyl groups is 3. The van der Waals surface area contributed by atoms with Crippen molar-refractivity contribution in [3.8, 4) is 0 Å². The number of unbranched alkanes of at least 4 members (excludes halogenated alkanes) is 15. The lowest BCUT2D eigenvalue weighted by molar-refractivity contribution is -0.152. The van der Waals surface area contributed by atoms with Crippen LogP contribution in [0.3, 0.4) is 0 Å². The van der Waals surface area contributed by atoms with Crippen molar-refractivity contribution >= 4 is 11.9 Å². The van der Waals surface area contributed by atoms with Crippen molar-refractivity contribution in [3.05, 3.63) is 48.6 Å². The van der Waals surface area contributed by atoms with E-state index in [9.17, 15) is 24.9 Å². The van der Waals surface area contributed by atoms with Gasteiger partial charge in [0.25, 0.3) is 0 Å². The van der Waals surface area contributed by atoms with Crippen LogP contribution in [0.4, 0.5) is 0 Å². The van der Waals surface area contributed by atoms with E-state index in [2.05, 4.69) is 20.8 Å². The third kappa shape index (κ3) is 37.3. The van der Waals surface area contributed by atoms with Gasteiger partial charge >= 0.3 is 11.9 Å². The van der Waals surface area contributed by atoms with Crippen LogP contribution in [0.1, 0.15) is 181 Å². The summed E-state index contributed by atoms with van der Waals surface area (Å²) in [5.74, 6) is 0.108. The normalized spacial score (nSPS) is 14.5. The molecule has 0 aliphatic rings. The van der Waals surface area contributed by atoms with Gasteiger partial charge in [0.2, 0.25) is 0 Å². The van der Waals surface area contributed by atoms with E-state index in [-0.39, 0.29) is 31.7 Å². The van der Waals surface area contributed by atoms with Gasteiger partial charge in [0, 0.05) is 12.8 Å². The van der Waals surface area contributed by atoms with E-state index in [0.717, 1.165) is 57.3 Å². The first-order chi connectivity index (χ1) is 24.8. The molecule has 0 rings (SSSR count). The first-order valence-electron chi connectivity index (χ1n) is 20.8. The molecule has 0 saturated carbocycles. The van der Waals surface area contributed by atoms with Gasteiger partial charge in [0.1, 0.15) is 19.3 Å². The van der Waals surface area contributed by atoms with E-state index < -0.39 is 18.2 Å². The molecule has 0 heterocycles. The van der Waals surface area contributed by atoms with Crippen LogP contribution in [-0.2, 0) is 19.1 Å². The van der Waals surface area contributed by atoms with Crippen LogP contribution in [0.25, 0.3) is 0 Å². The quantitative estimate of drug-likeness (QED) is 0.0336. The zero-order valence-corrected chi connectivity index (χ0v) is 33.0. The molecule has 0 spiro atoms. The van der Waals surface area contributed by atoms with Crippen LogP contribution in [-0.4, -0.2) is 58.8 Å². The van der Waals surface area contributed by atoms with Gasteiger partial charge in [0.05, 0.1) is 12.2 Å². The Balaban J connectivity index is 3.65. The molecule has 0 fully saturated rings. The molecule has 0 aromatic rings. The van der Waals surface area contributed by atoms with Gasteiger partial charge in [-0.2, -0.15) is 0 Å². The van der Waals surface area contributed by atoms with Gasteiger partial charge in [-0.15, -0.1) is 0 Å². The summed E-state index contributed by atoms with van der Waals surface area (Å²) < 4.78 is 10.2. The highest BCUT2D eigenvalue weighted by Crippen LogP contribution is 2.16. The largest absolute Gasteiger partial charge is 0.463 e. The molecule has 0 aromatic carbocycles. The van der Waals surface area contributed by atoms with Gasteiger partial charge in [-0.3, -0.25) is 9.59 Å². The molecule has 51 heavy (non-hydrogen) atoms. The van der Waals surface area contributed by atoms with E-state index in [1.807, 2.05) is 36.5 Å². The SMILES string of the molecule is CCCCC[C@H](O)/C=C/C=C\C/C=C\C=C\[C@H](O)CCCC(=O)OC[C@@H](O)COC(=O)CCCCCCCCCCCCCCCCC(C)CC. The molecular formula is C44H78O7. The van der Waals surface area contributed by atoms with Crippen LogP contribution in [0.5, 0.6) is 0 Å². The van der Waals surface area contributed by atoms with Crippen LogP contribution in [0.15, 0.2) is 48.6 Å². The van der Waals surface area contributed by atoms with Gasteiger partial charge in [-0.1, -0.05) is 185 Å². The third-order valence-corrected chi connectivity index (χ3v) is 9.32. The van der Waals surface area contributed by atoms with Crippen molar-refractivity contribution in [1.29, 1.82) is 0 Å². The lowest BCUT2D eigenvalue weighted by Crippen LogP contribution is -2.25. The average Bonchev–Trinajstić information content (AvgIpc) is 3.12. The molecule has 0 amide bonds. The third-order valence-electron chi connectivity index (χ3n) is 9.32. The zero-order chi connectivity index (χ0) is 37.6. The molecule has 7 heteroatoms. The molecule has 3 N–H and O–H groups in total. The molecule has 4 atom stereocenters. The number of allylic oxidation sites excluding steroid dienone is 6. The topological polar surface area (TPSA) is 113 Å². The number of rotatable bonds is 36.